The molecule has 1 aromatic rings. The first-order valence-corrected chi connectivity index (χ1v) is 9.14. The Labute approximate surface area is 144 Å². The molecule has 0 spiro atoms. The summed E-state index contributed by atoms with van der Waals surface area (Å²) >= 11 is 11.9. The quantitative estimate of drug-likeness (QED) is 0.437. The van der Waals surface area contributed by atoms with Crippen molar-refractivity contribution in [2.75, 3.05) is 5.32 Å². The lowest BCUT2D eigenvalue weighted by molar-refractivity contribution is -0.116. The first-order valence-electron chi connectivity index (χ1n) is 8.38. The van der Waals surface area contributed by atoms with E-state index in [-0.39, 0.29) is 5.91 Å². The fraction of sp³-hybridized carbons (Fsp3) is 0.611. The fourth-order valence-electron chi connectivity index (χ4n) is 2.40. The van der Waals surface area contributed by atoms with Gasteiger partial charge in [0.15, 0.2) is 0 Å². The summed E-state index contributed by atoms with van der Waals surface area (Å²) in [5, 5.41) is 3.91. The lowest BCUT2D eigenvalue weighted by Gasteiger charge is -2.07. The van der Waals surface area contributed by atoms with Crippen molar-refractivity contribution in [2.45, 2.75) is 71.1 Å². The minimum Gasteiger partial charge on any atom is -0.325 e. The van der Waals surface area contributed by atoms with E-state index in [0.717, 1.165) is 12.8 Å². The minimum atomic E-state index is 0.00659. The second-order valence-corrected chi connectivity index (χ2v) is 6.59. The molecule has 124 valence electrons. The molecule has 1 amide bonds. The van der Waals surface area contributed by atoms with Gasteiger partial charge in [-0.1, -0.05) is 81.5 Å². The van der Waals surface area contributed by atoms with E-state index in [1.165, 1.54) is 44.9 Å². The van der Waals surface area contributed by atoms with Gasteiger partial charge in [0.1, 0.15) is 0 Å². The largest absolute Gasteiger partial charge is 0.325 e. The van der Waals surface area contributed by atoms with Crippen molar-refractivity contribution < 1.29 is 4.79 Å². The number of carbonyl (C=O) groups is 1. The molecule has 0 aromatic heterocycles. The predicted molar refractivity (Wildman–Crippen MR) is 96.9 cm³/mol. The monoisotopic (exact) mass is 343 g/mol. The van der Waals surface area contributed by atoms with Crippen LogP contribution in [0, 0.1) is 0 Å². The highest BCUT2D eigenvalue weighted by Crippen LogP contribution is 2.25. The Morgan fingerprint density at radius 1 is 0.955 bits per heavy atom. The molecule has 0 fully saturated rings. The molecular weight excluding hydrogens is 317 g/mol. The van der Waals surface area contributed by atoms with Crippen LogP contribution < -0.4 is 5.32 Å². The van der Waals surface area contributed by atoms with Gasteiger partial charge in [-0.3, -0.25) is 4.79 Å². The second kappa shape index (κ2) is 11.8. The van der Waals surface area contributed by atoms with Crippen LogP contribution in [0.1, 0.15) is 71.1 Å². The number of halogens is 2. The van der Waals surface area contributed by atoms with Crippen LogP contribution >= 0.6 is 23.2 Å². The van der Waals surface area contributed by atoms with Crippen LogP contribution in [0.5, 0.6) is 0 Å². The minimum absolute atomic E-state index is 0.00659. The van der Waals surface area contributed by atoms with E-state index in [1.807, 2.05) is 0 Å². The van der Waals surface area contributed by atoms with Crippen LogP contribution in [-0.2, 0) is 4.79 Å². The Hall–Kier alpha value is -0.730. The molecule has 0 aliphatic heterocycles. The van der Waals surface area contributed by atoms with Crippen LogP contribution in [0.25, 0.3) is 0 Å². The first kappa shape index (κ1) is 19.3. The van der Waals surface area contributed by atoms with Crippen molar-refractivity contribution in [2.24, 2.45) is 0 Å². The average Bonchev–Trinajstić information content (AvgIpc) is 2.49. The molecular formula is C18H27Cl2NO. The SMILES string of the molecule is CCCCCCCCCCCC(=O)Nc1cc(Cl)ccc1Cl. The third kappa shape index (κ3) is 8.65. The van der Waals surface area contributed by atoms with E-state index < -0.39 is 0 Å². The summed E-state index contributed by atoms with van der Waals surface area (Å²) in [6, 6.07) is 5.08. The van der Waals surface area contributed by atoms with Crippen molar-refractivity contribution in [3.63, 3.8) is 0 Å². The highest BCUT2D eigenvalue weighted by molar-refractivity contribution is 6.35. The van der Waals surface area contributed by atoms with Gasteiger partial charge in [-0.25, -0.2) is 0 Å². The second-order valence-electron chi connectivity index (χ2n) is 5.75. The Bertz CT molecular complexity index is 449. The molecule has 1 rings (SSSR count). The number of benzene rings is 1. The number of hydrogen-bond acceptors (Lipinski definition) is 1. The Morgan fingerprint density at radius 2 is 1.55 bits per heavy atom. The Kier molecular flexibility index (Phi) is 10.3. The van der Waals surface area contributed by atoms with E-state index >= 15 is 0 Å². The standard InChI is InChI=1S/C18H27Cl2NO/c1-2-3-4-5-6-7-8-9-10-11-18(22)21-17-14-15(19)12-13-16(17)20/h12-14H,2-11H2,1H3,(H,21,22). The summed E-state index contributed by atoms with van der Waals surface area (Å²) < 4.78 is 0. The summed E-state index contributed by atoms with van der Waals surface area (Å²) in [7, 11) is 0. The van der Waals surface area contributed by atoms with E-state index in [2.05, 4.69) is 12.2 Å². The lowest BCUT2D eigenvalue weighted by Crippen LogP contribution is -2.11. The molecule has 1 N–H and O–H groups in total. The molecule has 0 saturated heterocycles. The molecule has 0 atom stereocenters. The van der Waals surface area contributed by atoms with Crippen molar-refractivity contribution in [1.29, 1.82) is 0 Å². The summed E-state index contributed by atoms with van der Waals surface area (Å²) in [5.74, 6) is 0.00659. The summed E-state index contributed by atoms with van der Waals surface area (Å²) in [4.78, 5) is 11.9. The van der Waals surface area contributed by atoms with Crippen molar-refractivity contribution in [1.82, 2.24) is 0 Å². The topological polar surface area (TPSA) is 29.1 Å². The van der Waals surface area contributed by atoms with Crippen molar-refractivity contribution in [3.8, 4) is 0 Å². The maximum Gasteiger partial charge on any atom is 0.224 e. The number of hydrogen-bond donors (Lipinski definition) is 1. The number of carbonyl (C=O) groups excluding carboxylic acids is 1. The van der Waals surface area contributed by atoms with Crippen LogP contribution in [-0.4, -0.2) is 5.91 Å². The molecule has 4 heteroatoms. The number of nitrogens with one attached hydrogen (secondary N) is 1. The summed E-state index contributed by atoms with van der Waals surface area (Å²) in [5.41, 5.74) is 0.593. The highest BCUT2D eigenvalue weighted by atomic mass is 35.5. The van der Waals surface area contributed by atoms with Crippen LogP contribution in [0.4, 0.5) is 5.69 Å². The van der Waals surface area contributed by atoms with Crippen LogP contribution in [0.15, 0.2) is 18.2 Å². The molecule has 0 heterocycles. The number of anilines is 1. The third-order valence-corrected chi connectivity index (χ3v) is 4.27. The van der Waals surface area contributed by atoms with Gasteiger partial charge in [-0.15, -0.1) is 0 Å². The highest BCUT2D eigenvalue weighted by Gasteiger charge is 2.06. The van der Waals surface area contributed by atoms with Gasteiger partial charge >= 0.3 is 0 Å². The van der Waals surface area contributed by atoms with E-state index in [9.17, 15) is 4.79 Å². The summed E-state index contributed by atoms with van der Waals surface area (Å²) in [6.07, 6.45) is 11.8. The zero-order valence-corrected chi connectivity index (χ0v) is 15.0. The Balaban J connectivity index is 2.07. The number of rotatable bonds is 11. The van der Waals surface area contributed by atoms with E-state index in [4.69, 9.17) is 23.2 Å². The van der Waals surface area contributed by atoms with Crippen molar-refractivity contribution >= 4 is 34.8 Å². The zero-order chi connectivity index (χ0) is 16.2. The molecule has 0 unspecified atom stereocenters. The maximum absolute atomic E-state index is 11.9. The van der Waals surface area contributed by atoms with Gasteiger partial charge in [0, 0.05) is 11.4 Å². The summed E-state index contributed by atoms with van der Waals surface area (Å²) in [6.45, 7) is 2.24. The van der Waals surface area contributed by atoms with Crippen molar-refractivity contribution in [3.05, 3.63) is 28.2 Å². The van der Waals surface area contributed by atoms with Gasteiger partial charge < -0.3 is 5.32 Å². The van der Waals surface area contributed by atoms with Gasteiger partial charge in [0.25, 0.3) is 0 Å². The van der Waals surface area contributed by atoms with Gasteiger partial charge in [-0.2, -0.15) is 0 Å². The van der Waals surface area contributed by atoms with Crippen LogP contribution in [0.2, 0.25) is 10.0 Å². The molecule has 0 aliphatic carbocycles. The number of unbranched alkanes of at least 4 members (excludes halogenated alkanes) is 8. The third-order valence-electron chi connectivity index (χ3n) is 3.71. The fourth-order valence-corrected chi connectivity index (χ4v) is 2.74. The first-order chi connectivity index (χ1) is 10.6. The molecule has 0 aliphatic rings. The molecule has 22 heavy (non-hydrogen) atoms. The van der Waals surface area contributed by atoms with E-state index in [1.54, 1.807) is 18.2 Å². The normalized spacial score (nSPS) is 10.7. The predicted octanol–water partition coefficient (Wildman–Crippen LogP) is 6.85. The molecule has 1 aromatic carbocycles. The lowest BCUT2D eigenvalue weighted by atomic mass is 10.1. The van der Waals surface area contributed by atoms with E-state index in [0.29, 0.717) is 22.2 Å². The smallest absolute Gasteiger partial charge is 0.224 e. The zero-order valence-electron chi connectivity index (χ0n) is 13.5. The molecule has 0 saturated carbocycles. The Morgan fingerprint density at radius 3 is 2.18 bits per heavy atom. The molecule has 2 nitrogen and oxygen atoms in total. The van der Waals surface area contributed by atoms with Gasteiger partial charge in [-0.05, 0) is 24.6 Å². The van der Waals surface area contributed by atoms with Gasteiger partial charge in [0.2, 0.25) is 5.91 Å². The van der Waals surface area contributed by atoms with Crippen LogP contribution in [0.3, 0.4) is 0 Å². The van der Waals surface area contributed by atoms with Gasteiger partial charge in [0.05, 0.1) is 10.7 Å². The average molecular weight is 344 g/mol. The molecule has 0 bridgehead atoms. The maximum atomic E-state index is 11.9. The number of amides is 1. The molecule has 0 radical (unpaired) electrons.